The van der Waals surface area contributed by atoms with E-state index in [0.717, 1.165) is 5.56 Å². The highest BCUT2D eigenvalue weighted by molar-refractivity contribution is 7.98. The van der Waals surface area contributed by atoms with Crippen molar-refractivity contribution in [1.82, 2.24) is 9.97 Å². The van der Waals surface area contributed by atoms with E-state index in [1.54, 1.807) is 24.3 Å². The molecule has 0 saturated heterocycles. The highest BCUT2D eigenvalue weighted by Gasteiger charge is 2.09. The quantitative estimate of drug-likeness (QED) is 0.644. The third-order valence-electron chi connectivity index (χ3n) is 2.51. The van der Waals surface area contributed by atoms with Crippen LogP contribution in [0.3, 0.4) is 0 Å². The number of thioether (sulfide) groups is 1. The molecule has 2 aromatic rings. The molecule has 0 unspecified atom stereocenters. The second kappa shape index (κ2) is 6.44. The van der Waals surface area contributed by atoms with Crippen molar-refractivity contribution in [3.05, 3.63) is 29.8 Å². The van der Waals surface area contributed by atoms with E-state index < -0.39 is 0 Å². The molecule has 1 aromatic heterocycles. The van der Waals surface area contributed by atoms with Crippen LogP contribution in [0.1, 0.15) is 5.56 Å². The monoisotopic (exact) mass is 293 g/mol. The first-order chi connectivity index (χ1) is 9.66. The van der Waals surface area contributed by atoms with Crippen LogP contribution in [0.25, 0.3) is 0 Å². The standard InChI is InChI=1S/C13H15N3O3S/c1-18-10-5-8(7-17)3-4-9(10)19-12-6-11(14)15-13(16-12)20-2/h3-6,17H,7H2,1-2H3,(H2,14,15,16). The van der Waals surface area contributed by atoms with Crippen LogP contribution in [0, 0.1) is 0 Å². The van der Waals surface area contributed by atoms with Crippen molar-refractivity contribution in [3.63, 3.8) is 0 Å². The first-order valence-corrected chi connectivity index (χ1v) is 7.03. The summed E-state index contributed by atoms with van der Waals surface area (Å²) in [5.41, 5.74) is 6.43. The second-order valence-corrected chi connectivity index (χ2v) is 4.64. The van der Waals surface area contributed by atoms with Crippen molar-refractivity contribution < 1.29 is 14.6 Å². The van der Waals surface area contributed by atoms with E-state index in [1.807, 2.05) is 6.26 Å². The van der Waals surface area contributed by atoms with Gasteiger partial charge in [0.15, 0.2) is 16.7 Å². The Labute approximate surface area is 121 Å². The molecule has 0 fully saturated rings. The number of methoxy groups -OCH3 is 1. The van der Waals surface area contributed by atoms with Crippen LogP contribution in [0.15, 0.2) is 29.4 Å². The maximum absolute atomic E-state index is 9.11. The molecule has 2 rings (SSSR count). The topological polar surface area (TPSA) is 90.5 Å². The lowest BCUT2D eigenvalue weighted by atomic mass is 10.2. The van der Waals surface area contributed by atoms with Crippen LogP contribution in [0.2, 0.25) is 0 Å². The molecule has 1 aromatic carbocycles. The van der Waals surface area contributed by atoms with Gasteiger partial charge in [0.25, 0.3) is 0 Å². The smallest absolute Gasteiger partial charge is 0.225 e. The fraction of sp³-hybridized carbons (Fsp3) is 0.231. The molecule has 0 radical (unpaired) electrons. The molecule has 0 atom stereocenters. The van der Waals surface area contributed by atoms with E-state index >= 15 is 0 Å². The molecule has 0 aliphatic rings. The van der Waals surface area contributed by atoms with Gasteiger partial charge in [-0.05, 0) is 24.0 Å². The number of nitrogens with two attached hydrogens (primary N) is 1. The predicted octanol–water partition coefficient (Wildman–Crippen LogP) is 2.07. The Bertz CT molecular complexity index is 607. The van der Waals surface area contributed by atoms with Gasteiger partial charge in [-0.15, -0.1) is 0 Å². The largest absolute Gasteiger partial charge is 0.493 e. The molecule has 3 N–H and O–H groups in total. The summed E-state index contributed by atoms with van der Waals surface area (Å²) in [4.78, 5) is 8.26. The number of aliphatic hydroxyl groups excluding tert-OH is 1. The summed E-state index contributed by atoms with van der Waals surface area (Å²) in [6, 6.07) is 6.70. The Hall–Kier alpha value is -1.99. The van der Waals surface area contributed by atoms with Crippen LogP contribution >= 0.6 is 11.8 Å². The zero-order valence-electron chi connectivity index (χ0n) is 11.2. The van der Waals surface area contributed by atoms with E-state index in [1.165, 1.54) is 18.9 Å². The number of aliphatic hydroxyl groups is 1. The number of nitrogen functional groups attached to an aromatic ring is 1. The molecule has 0 saturated carbocycles. The fourth-order valence-electron chi connectivity index (χ4n) is 1.57. The van der Waals surface area contributed by atoms with Crippen LogP contribution < -0.4 is 15.2 Å². The van der Waals surface area contributed by atoms with E-state index in [-0.39, 0.29) is 6.61 Å². The molecular weight excluding hydrogens is 278 g/mol. The number of anilines is 1. The Balaban J connectivity index is 2.31. The van der Waals surface area contributed by atoms with Gasteiger partial charge in [0.05, 0.1) is 13.7 Å². The minimum absolute atomic E-state index is 0.0618. The van der Waals surface area contributed by atoms with Gasteiger partial charge < -0.3 is 20.3 Å². The molecule has 0 aliphatic heterocycles. The summed E-state index contributed by atoms with van der Waals surface area (Å²) in [5.74, 6) is 1.69. The van der Waals surface area contributed by atoms with Crippen molar-refractivity contribution in [2.24, 2.45) is 0 Å². The van der Waals surface area contributed by atoms with Gasteiger partial charge >= 0.3 is 0 Å². The molecule has 20 heavy (non-hydrogen) atoms. The molecule has 0 amide bonds. The van der Waals surface area contributed by atoms with E-state index in [2.05, 4.69) is 9.97 Å². The van der Waals surface area contributed by atoms with Crippen molar-refractivity contribution in [2.45, 2.75) is 11.8 Å². The molecule has 0 spiro atoms. The van der Waals surface area contributed by atoms with Gasteiger partial charge in [0.1, 0.15) is 5.82 Å². The lowest BCUT2D eigenvalue weighted by Gasteiger charge is -2.11. The number of rotatable bonds is 5. The average molecular weight is 293 g/mol. The summed E-state index contributed by atoms with van der Waals surface area (Å²) >= 11 is 1.38. The highest BCUT2D eigenvalue weighted by atomic mass is 32.2. The average Bonchev–Trinajstić information content (AvgIpc) is 2.47. The van der Waals surface area contributed by atoms with Crippen LogP contribution in [0.5, 0.6) is 17.4 Å². The van der Waals surface area contributed by atoms with Gasteiger partial charge in [-0.25, -0.2) is 4.98 Å². The summed E-state index contributed by atoms with van der Waals surface area (Å²) < 4.78 is 10.9. The zero-order valence-corrected chi connectivity index (χ0v) is 12.0. The normalized spacial score (nSPS) is 10.3. The zero-order chi connectivity index (χ0) is 14.5. The molecular formula is C13H15N3O3S. The van der Waals surface area contributed by atoms with E-state index in [0.29, 0.717) is 28.4 Å². The number of benzene rings is 1. The second-order valence-electron chi connectivity index (χ2n) is 3.86. The van der Waals surface area contributed by atoms with Gasteiger partial charge in [-0.2, -0.15) is 4.98 Å². The van der Waals surface area contributed by atoms with Crippen LogP contribution in [0.4, 0.5) is 5.82 Å². The van der Waals surface area contributed by atoms with E-state index in [4.69, 9.17) is 20.3 Å². The minimum atomic E-state index is -0.0618. The maximum Gasteiger partial charge on any atom is 0.225 e. The lowest BCUT2D eigenvalue weighted by Crippen LogP contribution is -1.98. The molecule has 0 aliphatic carbocycles. The molecule has 6 nitrogen and oxygen atoms in total. The van der Waals surface area contributed by atoms with Crippen LogP contribution in [-0.2, 0) is 6.61 Å². The van der Waals surface area contributed by atoms with Gasteiger partial charge in [-0.1, -0.05) is 17.8 Å². The Morgan fingerprint density at radius 1 is 1.25 bits per heavy atom. The fourth-order valence-corrected chi connectivity index (χ4v) is 1.95. The molecule has 0 bridgehead atoms. The predicted molar refractivity (Wildman–Crippen MR) is 77.2 cm³/mol. The summed E-state index contributed by atoms with van der Waals surface area (Å²) in [5, 5.41) is 9.64. The third kappa shape index (κ3) is 3.31. The first kappa shape index (κ1) is 14.4. The van der Waals surface area contributed by atoms with Crippen LogP contribution in [-0.4, -0.2) is 28.4 Å². The third-order valence-corrected chi connectivity index (χ3v) is 3.06. The summed E-state index contributed by atoms with van der Waals surface area (Å²) in [6.07, 6.45) is 1.86. The highest BCUT2D eigenvalue weighted by Crippen LogP contribution is 2.32. The molecule has 7 heteroatoms. The first-order valence-electron chi connectivity index (χ1n) is 5.80. The van der Waals surface area contributed by atoms with Crippen molar-refractivity contribution >= 4 is 17.6 Å². The Morgan fingerprint density at radius 3 is 2.70 bits per heavy atom. The maximum atomic E-state index is 9.11. The summed E-state index contributed by atoms with van der Waals surface area (Å²) in [7, 11) is 1.53. The van der Waals surface area contributed by atoms with Crippen molar-refractivity contribution in [1.29, 1.82) is 0 Å². The number of hydrogen-bond donors (Lipinski definition) is 2. The number of nitrogens with zero attached hydrogens (tertiary/aromatic N) is 2. The van der Waals surface area contributed by atoms with Gasteiger partial charge in [0.2, 0.25) is 5.88 Å². The van der Waals surface area contributed by atoms with Crippen molar-refractivity contribution in [2.75, 3.05) is 19.1 Å². The number of ether oxygens (including phenoxy) is 2. The summed E-state index contributed by atoms with van der Waals surface area (Å²) in [6.45, 7) is -0.0618. The number of aromatic nitrogens is 2. The molecule has 1 heterocycles. The number of hydrogen-bond acceptors (Lipinski definition) is 7. The SMILES string of the molecule is COc1cc(CO)ccc1Oc1cc(N)nc(SC)n1. The lowest BCUT2D eigenvalue weighted by molar-refractivity contribution is 0.280. The Kier molecular flexibility index (Phi) is 4.65. The Morgan fingerprint density at radius 2 is 2.05 bits per heavy atom. The van der Waals surface area contributed by atoms with Gasteiger partial charge in [-0.3, -0.25) is 0 Å². The minimum Gasteiger partial charge on any atom is -0.493 e. The van der Waals surface area contributed by atoms with Crippen molar-refractivity contribution in [3.8, 4) is 17.4 Å². The van der Waals surface area contributed by atoms with Gasteiger partial charge in [0, 0.05) is 6.07 Å². The van der Waals surface area contributed by atoms with E-state index in [9.17, 15) is 0 Å². The molecule has 106 valence electrons.